The first-order chi connectivity index (χ1) is 19.9. The molecule has 3 aromatic rings. The number of morpholine rings is 1. The van der Waals surface area contributed by atoms with E-state index in [2.05, 4.69) is 35.7 Å². The fourth-order valence-corrected chi connectivity index (χ4v) is 4.55. The number of rotatable bonds is 6. The molecule has 2 aliphatic rings. The molecule has 2 saturated heterocycles. The average Bonchev–Trinajstić information content (AvgIpc) is 3.25. The van der Waals surface area contributed by atoms with Gasteiger partial charge in [-0.1, -0.05) is 0 Å². The van der Waals surface area contributed by atoms with Gasteiger partial charge >= 0.3 is 12.1 Å². The maximum absolute atomic E-state index is 12.6. The summed E-state index contributed by atoms with van der Waals surface area (Å²) in [5, 5.41) is 8.47. The number of ether oxygens (including phenoxy) is 1. The topological polar surface area (TPSA) is 154 Å². The van der Waals surface area contributed by atoms with Crippen LogP contribution in [0.5, 0.6) is 0 Å². The number of hydrogen-bond acceptors (Lipinski definition) is 10. The number of benzene rings is 1. The van der Waals surface area contributed by atoms with E-state index in [1.165, 1.54) is 18.7 Å². The number of hydrogen-bond donors (Lipinski definition) is 3. The summed E-state index contributed by atoms with van der Waals surface area (Å²) in [5.41, 5.74) is 1.89. The highest BCUT2D eigenvalue weighted by molar-refractivity contribution is 5.99. The van der Waals surface area contributed by atoms with Crippen LogP contribution in [-0.2, 0) is 4.74 Å². The number of nitrogens with zero attached hydrogens (tertiary/aromatic N) is 8. The maximum atomic E-state index is 12.6. The average molecular weight is 562 g/mol. The molecule has 0 spiro atoms. The molecule has 0 radical (unpaired) electrons. The van der Waals surface area contributed by atoms with Crippen molar-refractivity contribution in [1.29, 1.82) is 0 Å². The Labute approximate surface area is 238 Å². The third kappa shape index (κ3) is 7.54. The van der Waals surface area contributed by atoms with Crippen molar-refractivity contribution in [3.05, 3.63) is 43.0 Å². The van der Waals surface area contributed by atoms with Crippen molar-refractivity contribution in [3.63, 3.8) is 0 Å². The molecule has 4 amide bonds. The van der Waals surface area contributed by atoms with Gasteiger partial charge in [0.1, 0.15) is 6.33 Å². The van der Waals surface area contributed by atoms with Gasteiger partial charge in [0.15, 0.2) is 5.82 Å². The number of anilines is 4. The van der Waals surface area contributed by atoms with Gasteiger partial charge in [-0.15, -0.1) is 0 Å². The van der Waals surface area contributed by atoms with Crippen molar-refractivity contribution in [2.45, 2.75) is 26.3 Å². The van der Waals surface area contributed by atoms with Crippen LogP contribution in [0.2, 0.25) is 0 Å². The second-order valence-electron chi connectivity index (χ2n) is 10.1. The Kier molecular flexibility index (Phi) is 8.98. The molecule has 5 rings (SSSR count). The largest absolute Gasteiger partial charge is 0.378 e. The zero-order valence-corrected chi connectivity index (χ0v) is 23.3. The van der Waals surface area contributed by atoms with Crippen LogP contribution < -0.4 is 25.8 Å². The lowest BCUT2D eigenvalue weighted by molar-refractivity contribution is 0.122. The third-order valence-corrected chi connectivity index (χ3v) is 6.60. The molecule has 2 fully saturated rings. The summed E-state index contributed by atoms with van der Waals surface area (Å²) in [7, 11) is 0. The highest BCUT2D eigenvalue weighted by atomic mass is 16.5. The summed E-state index contributed by atoms with van der Waals surface area (Å²) in [6.45, 7) is 9.09. The fraction of sp³-hybridized carbons (Fsp3) is 0.444. The first kappa shape index (κ1) is 28.0. The minimum atomic E-state index is -0.401. The minimum absolute atomic E-state index is 0.0494. The molecule has 41 heavy (non-hydrogen) atoms. The van der Waals surface area contributed by atoms with Crippen LogP contribution in [0.15, 0.2) is 43.0 Å². The Morgan fingerprint density at radius 3 is 2.15 bits per heavy atom. The van der Waals surface area contributed by atoms with Crippen molar-refractivity contribution < 1.29 is 14.3 Å². The molecule has 0 unspecified atom stereocenters. The molecule has 2 aromatic heterocycles. The predicted molar refractivity (Wildman–Crippen MR) is 155 cm³/mol. The van der Waals surface area contributed by atoms with E-state index < -0.39 is 6.03 Å². The van der Waals surface area contributed by atoms with Gasteiger partial charge in [-0.3, -0.25) is 0 Å². The van der Waals surface area contributed by atoms with E-state index in [0.29, 0.717) is 75.0 Å². The van der Waals surface area contributed by atoms with Crippen LogP contribution in [0.4, 0.5) is 32.9 Å². The van der Waals surface area contributed by atoms with Crippen LogP contribution in [0.1, 0.15) is 20.3 Å². The molecule has 1 aromatic carbocycles. The van der Waals surface area contributed by atoms with E-state index in [1.807, 2.05) is 30.9 Å². The monoisotopic (exact) mass is 561 g/mol. The SMILES string of the molecule is CC(C)NC(=O)N1CCCN(c2nc(-c3ccc(NC(=O)Nc4cncnc4)cc3)nc(N3CCOCC3)n2)CC1. The molecule has 216 valence electrons. The minimum Gasteiger partial charge on any atom is -0.378 e. The van der Waals surface area contributed by atoms with Crippen LogP contribution in [-0.4, -0.2) is 100 Å². The lowest BCUT2D eigenvalue weighted by atomic mass is 10.2. The van der Waals surface area contributed by atoms with E-state index in [-0.39, 0.29) is 12.1 Å². The van der Waals surface area contributed by atoms with Gasteiger partial charge in [-0.05, 0) is 44.5 Å². The summed E-state index contributed by atoms with van der Waals surface area (Å²) >= 11 is 0. The van der Waals surface area contributed by atoms with E-state index >= 15 is 0 Å². The summed E-state index contributed by atoms with van der Waals surface area (Å²) in [6.07, 6.45) is 5.23. The van der Waals surface area contributed by atoms with Crippen LogP contribution in [0.3, 0.4) is 0 Å². The Balaban J connectivity index is 1.34. The summed E-state index contributed by atoms with van der Waals surface area (Å²) < 4.78 is 5.53. The number of urea groups is 2. The van der Waals surface area contributed by atoms with E-state index in [1.54, 1.807) is 12.1 Å². The van der Waals surface area contributed by atoms with Gasteiger partial charge in [-0.2, -0.15) is 15.0 Å². The Morgan fingerprint density at radius 1 is 0.805 bits per heavy atom. The van der Waals surface area contributed by atoms with Crippen molar-refractivity contribution >= 4 is 35.3 Å². The first-order valence-corrected chi connectivity index (χ1v) is 13.8. The zero-order chi connectivity index (χ0) is 28.6. The summed E-state index contributed by atoms with van der Waals surface area (Å²) in [5.74, 6) is 1.71. The molecule has 14 nitrogen and oxygen atoms in total. The van der Waals surface area contributed by atoms with Crippen molar-refractivity contribution in [3.8, 4) is 11.4 Å². The molecule has 0 atom stereocenters. The number of carbonyl (C=O) groups is 2. The van der Waals surface area contributed by atoms with Crippen molar-refractivity contribution in [2.24, 2.45) is 0 Å². The van der Waals surface area contributed by atoms with E-state index in [0.717, 1.165) is 18.5 Å². The summed E-state index contributed by atoms with van der Waals surface area (Å²) in [6, 6.07) is 6.96. The standard InChI is InChI=1S/C27H35N11O3/c1-19(2)30-27(40)38-9-3-8-36(10-11-38)24-33-23(34-25(35-24)37-12-14-41-15-13-37)20-4-6-21(7-5-20)31-26(39)32-22-16-28-18-29-17-22/h4-7,16-19H,3,8-15H2,1-2H3,(H,30,40)(H2,31,32,39). The second-order valence-corrected chi connectivity index (χ2v) is 10.1. The Bertz CT molecular complexity index is 1320. The smallest absolute Gasteiger partial charge is 0.323 e. The van der Waals surface area contributed by atoms with Crippen LogP contribution >= 0.6 is 0 Å². The number of aromatic nitrogens is 5. The summed E-state index contributed by atoms with van der Waals surface area (Å²) in [4.78, 5) is 53.3. The molecule has 3 N–H and O–H groups in total. The molecule has 4 heterocycles. The predicted octanol–water partition coefficient (Wildman–Crippen LogP) is 2.44. The molecule has 14 heteroatoms. The Hall–Kier alpha value is -4.59. The molecular formula is C27H35N11O3. The number of amides is 4. The Morgan fingerprint density at radius 2 is 1.46 bits per heavy atom. The second kappa shape index (κ2) is 13.2. The van der Waals surface area contributed by atoms with Gasteiger partial charge in [0.25, 0.3) is 0 Å². The van der Waals surface area contributed by atoms with Gasteiger partial charge in [0.2, 0.25) is 11.9 Å². The zero-order valence-electron chi connectivity index (χ0n) is 23.3. The quantitative estimate of drug-likeness (QED) is 0.409. The van der Waals surface area contributed by atoms with Crippen molar-refractivity contribution in [1.82, 2.24) is 35.1 Å². The van der Waals surface area contributed by atoms with Gasteiger partial charge in [0.05, 0.1) is 31.3 Å². The maximum Gasteiger partial charge on any atom is 0.323 e. The molecule has 2 aliphatic heterocycles. The van der Waals surface area contributed by atoms with Crippen LogP contribution in [0, 0.1) is 0 Å². The van der Waals surface area contributed by atoms with Gasteiger partial charge < -0.3 is 35.4 Å². The molecule has 0 saturated carbocycles. The van der Waals surface area contributed by atoms with Gasteiger partial charge in [-0.25, -0.2) is 19.6 Å². The fourth-order valence-electron chi connectivity index (χ4n) is 4.55. The highest BCUT2D eigenvalue weighted by Crippen LogP contribution is 2.24. The first-order valence-electron chi connectivity index (χ1n) is 13.8. The number of carbonyl (C=O) groups excluding carboxylic acids is 2. The van der Waals surface area contributed by atoms with Crippen molar-refractivity contribution in [2.75, 3.05) is 72.9 Å². The van der Waals surface area contributed by atoms with Crippen LogP contribution in [0.25, 0.3) is 11.4 Å². The third-order valence-electron chi connectivity index (χ3n) is 6.60. The molecule has 0 bridgehead atoms. The lowest BCUT2D eigenvalue weighted by Gasteiger charge is -2.28. The van der Waals surface area contributed by atoms with E-state index in [4.69, 9.17) is 19.7 Å². The normalized spacial score (nSPS) is 15.8. The number of nitrogens with one attached hydrogen (secondary N) is 3. The molecular weight excluding hydrogens is 526 g/mol. The highest BCUT2D eigenvalue weighted by Gasteiger charge is 2.24. The lowest BCUT2D eigenvalue weighted by Crippen LogP contribution is -2.44. The molecule has 0 aliphatic carbocycles. The van der Waals surface area contributed by atoms with E-state index in [9.17, 15) is 9.59 Å². The van der Waals surface area contributed by atoms with Gasteiger partial charge in [0, 0.05) is 56.6 Å².